The lowest BCUT2D eigenvalue weighted by atomic mass is 9.92. The highest BCUT2D eigenvalue weighted by Crippen LogP contribution is 2.27. The number of hydrogen-bond donors (Lipinski definition) is 2. The largest absolute Gasteiger partial charge is 0.348 e. The van der Waals surface area contributed by atoms with Crippen molar-refractivity contribution in [3.8, 4) is 0 Å². The number of likely N-dealkylation sites (N-methyl/N-ethyl adjacent to an activating group) is 1. The number of aromatic amines is 1. The Balaban J connectivity index is 0.00000121. The maximum atomic E-state index is 12.7. The predicted molar refractivity (Wildman–Crippen MR) is 105 cm³/mol. The first-order valence-electron chi connectivity index (χ1n) is 8.56. The maximum absolute atomic E-state index is 12.7. The number of imidazole rings is 1. The third-order valence-corrected chi connectivity index (χ3v) is 5.31. The minimum Gasteiger partial charge on any atom is -0.348 e. The van der Waals surface area contributed by atoms with E-state index in [4.69, 9.17) is 0 Å². The van der Waals surface area contributed by atoms with E-state index in [1.54, 1.807) is 6.33 Å². The number of anilines is 1. The maximum Gasteiger partial charge on any atom is 0.242 e. The monoisotopic (exact) mass is 401 g/mol. The Morgan fingerprint density at radius 3 is 2.58 bits per heavy atom. The van der Waals surface area contributed by atoms with Crippen LogP contribution < -0.4 is 10.2 Å². The minimum atomic E-state index is 0. The van der Waals surface area contributed by atoms with Gasteiger partial charge < -0.3 is 20.1 Å². The zero-order valence-electron chi connectivity index (χ0n) is 14.7. The van der Waals surface area contributed by atoms with E-state index in [0.29, 0.717) is 18.0 Å². The second kappa shape index (κ2) is 8.83. The van der Waals surface area contributed by atoms with Crippen LogP contribution in [-0.2, 0) is 4.79 Å². The van der Waals surface area contributed by atoms with Crippen LogP contribution in [0.25, 0.3) is 11.2 Å². The molecule has 2 aromatic rings. The zero-order valence-corrected chi connectivity index (χ0v) is 16.4. The van der Waals surface area contributed by atoms with Crippen molar-refractivity contribution >= 4 is 47.7 Å². The number of carbonyl (C=O) groups excluding carboxylic acids is 1. The second-order valence-electron chi connectivity index (χ2n) is 6.79. The fourth-order valence-corrected chi connectivity index (χ4v) is 3.89. The van der Waals surface area contributed by atoms with Crippen LogP contribution in [0.3, 0.4) is 0 Å². The van der Waals surface area contributed by atoms with Crippen LogP contribution in [0.15, 0.2) is 12.7 Å². The van der Waals surface area contributed by atoms with Crippen LogP contribution in [0.1, 0.15) is 12.8 Å². The number of carbonyl (C=O) groups is 1. The number of hydrogen-bond acceptors (Lipinski definition) is 6. The zero-order chi connectivity index (χ0) is 16.5. The topological polar surface area (TPSA) is 90.0 Å². The van der Waals surface area contributed by atoms with Crippen LogP contribution in [0, 0.1) is 11.8 Å². The Bertz CT molecular complexity index is 726. The van der Waals surface area contributed by atoms with Crippen molar-refractivity contribution in [1.29, 1.82) is 0 Å². The van der Waals surface area contributed by atoms with Gasteiger partial charge in [-0.3, -0.25) is 4.79 Å². The molecule has 0 aliphatic carbocycles. The van der Waals surface area contributed by atoms with Gasteiger partial charge >= 0.3 is 0 Å². The number of nitrogens with one attached hydrogen (secondary N) is 2. The van der Waals surface area contributed by atoms with Gasteiger partial charge in [0.1, 0.15) is 11.8 Å². The molecule has 1 amide bonds. The third-order valence-electron chi connectivity index (χ3n) is 5.31. The standard InChI is InChI=1S/C16H23N7O.2ClH/c1-22(16-14-15(19-9-18-14)20-10-21-16)8-13(24)23-4-2-11-6-17-7-12(11)3-5-23;;/h9-12,17H,2-8H2,1H3,(H,18,19,20,21);2*1H/t11-,12+;;. The molecule has 4 rings (SSSR count). The van der Waals surface area contributed by atoms with Gasteiger partial charge in [-0.15, -0.1) is 24.8 Å². The van der Waals surface area contributed by atoms with Crippen molar-refractivity contribution in [2.45, 2.75) is 12.8 Å². The first-order valence-corrected chi connectivity index (χ1v) is 8.56. The Kier molecular flexibility index (Phi) is 7.02. The lowest BCUT2D eigenvalue weighted by Gasteiger charge is -2.25. The Hall–Kier alpha value is -1.64. The molecular formula is C16H25Cl2N7O. The average molecular weight is 402 g/mol. The molecule has 0 bridgehead atoms. The molecule has 2 N–H and O–H groups in total. The highest BCUT2D eigenvalue weighted by molar-refractivity contribution is 5.87. The van der Waals surface area contributed by atoms with Crippen molar-refractivity contribution in [3.05, 3.63) is 12.7 Å². The molecule has 26 heavy (non-hydrogen) atoms. The van der Waals surface area contributed by atoms with Crippen LogP contribution in [0.2, 0.25) is 0 Å². The molecule has 2 saturated heterocycles. The Morgan fingerprint density at radius 2 is 1.88 bits per heavy atom. The third kappa shape index (κ3) is 4.02. The fourth-order valence-electron chi connectivity index (χ4n) is 3.89. The summed E-state index contributed by atoms with van der Waals surface area (Å²) in [5.41, 5.74) is 1.39. The average Bonchev–Trinajstić information content (AvgIpc) is 3.19. The predicted octanol–water partition coefficient (Wildman–Crippen LogP) is 1.09. The van der Waals surface area contributed by atoms with E-state index in [-0.39, 0.29) is 30.7 Å². The quantitative estimate of drug-likeness (QED) is 0.799. The molecule has 0 radical (unpaired) electrons. The number of nitrogens with zero attached hydrogens (tertiary/aromatic N) is 5. The lowest BCUT2D eigenvalue weighted by Crippen LogP contribution is -2.40. The fraction of sp³-hybridized carbons (Fsp3) is 0.625. The smallest absolute Gasteiger partial charge is 0.242 e. The number of amides is 1. The van der Waals surface area contributed by atoms with Crippen molar-refractivity contribution in [2.75, 3.05) is 44.7 Å². The molecule has 10 heteroatoms. The highest BCUT2D eigenvalue weighted by atomic mass is 35.5. The van der Waals surface area contributed by atoms with Gasteiger partial charge in [0.05, 0.1) is 12.9 Å². The SMILES string of the molecule is CN(CC(=O)N1CC[C@@H]2CNC[C@@H]2CC1)c1ncnc2nc[nH]c12.Cl.Cl. The summed E-state index contributed by atoms with van der Waals surface area (Å²) >= 11 is 0. The minimum absolute atomic E-state index is 0. The summed E-state index contributed by atoms with van der Waals surface area (Å²) < 4.78 is 0. The van der Waals surface area contributed by atoms with Gasteiger partial charge in [0.25, 0.3) is 0 Å². The van der Waals surface area contributed by atoms with Crippen LogP contribution in [-0.4, -0.2) is 70.5 Å². The van der Waals surface area contributed by atoms with E-state index in [1.807, 2.05) is 16.8 Å². The molecule has 2 aromatic heterocycles. The van der Waals surface area contributed by atoms with E-state index >= 15 is 0 Å². The molecule has 2 aliphatic rings. The van der Waals surface area contributed by atoms with Gasteiger partial charge in [-0.2, -0.15) is 0 Å². The van der Waals surface area contributed by atoms with E-state index in [2.05, 4.69) is 25.3 Å². The molecule has 0 aromatic carbocycles. The first kappa shape index (κ1) is 20.7. The number of fused-ring (bicyclic) bond motifs is 2. The van der Waals surface area contributed by atoms with Gasteiger partial charge in [-0.05, 0) is 37.8 Å². The van der Waals surface area contributed by atoms with Crippen molar-refractivity contribution < 1.29 is 4.79 Å². The van der Waals surface area contributed by atoms with E-state index < -0.39 is 0 Å². The van der Waals surface area contributed by atoms with Crippen molar-refractivity contribution in [2.24, 2.45) is 11.8 Å². The van der Waals surface area contributed by atoms with E-state index in [1.165, 1.54) is 6.33 Å². The summed E-state index contributed by atoms with van der Waals surface area (Å²) in [6.45, 7) is 4.24. The van der Waals surface area contributed by atoms with Crippen LogP contribution in [0.4, 0.5) is 5.82 Å². The Morgan fingerprint density at radius 1 is 1.19 bits per heavy atom. The van der Waals surface area contributed by atoms with Gasteiger partial charge in [-0.1, -0.05) is 0 Å². The Labute approximate surface area is 165 Å². The molecular weight excluding hydrogens is 377 g/mol. The summed E-state index contributed by atoms with van der Waals surface area (Å²) in [6.07, 6.45) is 5.29. The molecule has 2 atom stereocenters. The van der Waals surface area contributed by atoms with Gasteiger partial charge in [0.2, 0.25) is 5.91 Å². The number of halogens is 2. The summed E-state index contributed by atoms with van der Waals surface area (Å²) in [4.78, 5) is 32.2. The molecule has 8 nitrogen and oxygen atoms in total. The molecule has 0 unspecified atom stereocenters. The van der Waals surface area contributed by atoms with Crippen molar-refractivity contribution in [3.63, 3.8) is 0 Å². The second-order valence-corrected chi connectivity index (χ2v) is 6.79. The van der Waals surface area contributed by atoms with Crippen molar-refractivity contribution in [1.82, 2.24) is 30.2 Å². The summed E-state index contributed by atoms with van der Waals surface area (Å²) in [5.74, 6) is 2.33. The normalized spacial score (nSPS) is 22.1. The van der Waals surface area contributed by atoms with Crippen LogP contribution >= 0.6 is 24.8 Å². The number of rotatable bonds is 3. The van der Waals surface area contributed by atoms with E-state index in [0.717, 1.165) is 56.4 Å². The molecule has 2 aliphatic heterocycles. The highest BCUT2D eigenvalue weighted by Gasteiger charge is 2.31. The number of aromatic nitrogens is 4. The van der Waals surface area contributed by atoms with Gasteiger partial charge in [0.15, 0.2) is 11.5 Å². The van der Waals surface area contributed by atoms with Gasteiger partial charge in [0, 0.05) is 20.1 Å². The molecule has 4 heterocycles. The molecule has 2 fully saturated rings. The summed E-state index contributed by atoms with van der Waals surface area (Å²) in [7, 11) is 1.89. The van der Waals surface area contributed by atoms with Gasteiger partial charge in [-0.25, -0.2) is 15.0 Å². The summed E-state index contributed by atoms with van der Waals surface area (Å²) in [6, 6.07) is 0. The molecule has 144 valence electrons. The molecule has 0 spiro atoms. The molecule has 0 saturated carbocycles. The lowest BCUT2D eigenvalue weighted by molar-refractivity contribution is -0.129. The number of likely N-dealkylation sites (tertiary alicyclic amines) is 1. The number of H-pyrrole nitrogens is 1. The first-order chi connectivity index (χ1) is 11.7. The van der Waals surface area contributed by atoms with Crippen LogP contribution in [0.5, 0.6) is 0 Å². The summed E-state index contributed by atoms with van der Waals surface area (Å²) in [5, 5.41) is 3.47. The van der Waals surface area contributed by atoms with E-state index in [9.17, 15) is 4.79 Å².